The van der Waals surface area contributed by atoms with Gasteiger partial charge in [0.2, 0.25) is 0 Å². The molecule has 1 aliphatic rings. The lowest BCUT2D eigenvalue weighted by Gasteiger charge is -2.18. The lowest BCUT2D eigenvalue weighted by Crippen LogP contribution is -2.03. The summed E-state index contributed by atoms with van der Waals surface area (Å²) in [6, 6.07) is 11.0. The van der Waals surface area contributed by atoms with Gasteiger partial charge in [0.05, 0.1) is 31.9 Å². The molecule has 2 aromatic carbocycles. The fourth-order valence-corrected chi connectivity index (χ4v) is 3.44. The van der Waals surface area contributed by atoms with E-state index < -0.39 is 0 Å². The van der Waals surface area contributed by atoms with Crippen LogP contribution in [0.1, 0.15) is 27.9 Å². The van der Waals surface area contributed by atoms with Gasteiger partial charge in [-0.05, 0) is 72.0 Å². The molecule has 4 nitrogen and oxygen atoms in total. The highest BCUT2D eigenvalue weighted by atomic mass is 35.5. The first-order chi connectivity index (χ1) is 13.1. The van der Waals surface area contributed by atoms with E-state index >= 15 is 0 Å². The fourth-order valence-electron chi connectivity index (χ4n) is 3.10. The Bertz CT molecular complexity index is 928. The number of ether oxygens (including phenoxy) is 3. The summed E-state index contributed by atoms with van der Waals surface area (Å²) >= 11 is 6.58. The summed E-state index contributed by atoms with van der Waals surface area (Å²) in [5.74, 6) is 1.76. The quantitative estimate of drug-likeness (QED) is 0.516. The van der Waals surface area contributed by atoms with Crippen LogP contribution in [0.25, 0.3) is 5.03 Å². The van der Waals surface area contributed by atoms with Gasteiger partial charge in [0.1, 0.15) is 17.2 Å². The van der Waals surface area contributed by atoms with Gasteiger partial charge < -0.3 is 14.2 Å². The number of hydrogen-bond acceptors (Lipinski definition) is 4. The van der Waals surface area contributed by atoms with E-state index in [1.165, 1.54) is 13.2 Å². The van der Waals surface area contributed by atoms with Crippen LogP contribution in [0, 0.1) is 0 Å². The Morgan fingerprint density at radius 3 is 2.37 bits per heavy atom. The van der Waals surface area contributed by atoms with Crippen molar-refractivity contribution in [3.63, 3.8) is 0 Å². The summed E-state index contributed by atoms with van der Waals surface area (Å²) in [6.45, 7) is 0. The zero-order valence-electron chi connectivity index (χ0n) is 15.5. The van der Waals surface area contributed by atoms with Gasteiger partial charge in [-0.15, -0.1) is 0 Å². The molecule has 0 bridgehead atoms. The minimum atomic E-state index is -0.164. The molecule has 5 heteroatoms. The van der Waals surface area contributed by atoms with Crippen molar-refractivity contribution in [3.05, 3.63) is 70.8 Å². The summed E-state index contributed by atoms with van der Waals surface area (Å²) < 4.78 is 15.8. The molecule has 0 saturated carbocycles. The number of halogens is 1. The topological polar surface area (TPSA) is 44.8 Å². The van der Waals surface area contributed by atoms with Crippen molar-refractivity contribution in [1.82, 2.24) is 0 Å². The molecule has 1 aliphatic carbocycles. The van der Waals surface area contributed by atoms with Crippen LogP contribution in [0.3, 0.4) is 0 Å². The van der Waals surface area contributed by atoms with E-state index in [4.69, 9.17) is 25.8 Å². The maximum absolute atomic E-state index is 12.7. The van der Waals surface area contributed by atoms with Crippen molar-refractivity contribution in [2.45, 2.75) is 12.8 Å². The van der Waals surface area contributed by atoms with Crippen molar-refractivity contribution >= 4 is 22.4 Å². The molecule has 27 heavy (non-hydrogen) atoms. The minimum Gasteiger partial charge on any atom is -0.497 e. The van der Waals surface area contributed by atoms with Crippen molar-refractivity contribution in [1.29, 1.82) is 0 Å². The average molecular weight is 385 g/mol. The summed E-state index contributed by atoms with van der Waals surface area (Å²) in [5.41, 5.74) is 3.52. The van der Waals surface area contributed by atoms with Crippen LogP contribution in [0.2, 0.25) is 0 Å². The molecular formula is C22H21ClO4. The summed E-state index contributed by atoms with van der Waals surface area (Å²) in [5, 5.41) is 0.667. The number of aryl methyl sites for hydroxylation is 1. The smallest absolute Gasteiger partial charge is 0.189 e. The van der Waals surface area contributed by atoms with Crippen LogP contribution in [0.4, 0.5) is 0 Å². The molecule has 0 unspecified atom stereocenters. The molecule has 0 amide bonds. The fraction of sp³-hybridized carbons (Fsp3) is 0.227. The Morgan fingerprint density at radius 2 is 1.67 bits per heavy atom. The summed E-state index contributed by atoms with van der Waals surface area (Å²) in [6.07, 6.45) is 4.93. The van der Waals surface area contributed by atoms with Gasteiger partial charge in [0.15, 0.2) is 5.78 Å². The third-order valence-electron chi connectivity index (χ3n) is 4.60. The lowest BCUT2D eigenvalue weighted by molar-refractivity contribution is 0.104. The highest BCUT2D eigenvalue weighted by Crippen LogP contribution is 2.36. The third kappa shape index (κ3) is 4.01. The number of hydrogen-bond donors (Lipinski definition) is 0. The second-order valence-corrected chi connectivity index (χ2v) is 6.50. The van der Waals surface area contributed by atoms with Crippen LogP contribution >= 0.6 is 11.6 Å². The number of benzene rings is 2. The Hall–Kier alpha value is -2.72. The summed E-state index contributed by atoms with van der Waals surface area (Å²) in [7, 11) is 4.74. The predicted octanol–water partition coefficient (Wildman–Crippen LogP) is 5.05. The molecule has 0 spiro atoms. The zero-order valence-corrected chi connectivity index (χ0v) is 16.3. The standard InChI is InChI=1S/C22H21ClO4/c1-25-16-7-9-18-15(12-16)5-4-14(22(18)23)6-10-20(24)19-13-17(26-2)8-11-21(19)27-3/h6-13H,4-5H2,1-3H3/b10-6+. The number of methoxy groups -OCH3 is 3. The number of ketones is 1. The van der Waals surface area contributed by atoms with Gasteiger partial charge in [-0.1, -0.05) is 17.7 Å². The minimum absolute atomic E-state index is 0.164. The highest BCUT2D eigenvalue weighted by molar-refractivity contribution is 6.49. The van der Waals surface area contributed by atoms with Gasteiger partial charge in [-0.2, -0.15) is 0 Å². The first-order valence-electron chi connectivity index (χ1n) is 8.57. The summed E-state index contributed by atoms with van der Waals surface area (Å²) in [4.78, 5) is 12.7. The Morgan fingerprint density at radius 1 is 0.963 bits per heavy atom. The van der Waals surface area contributed by atoms with E-state index in [2.05, 4.69) is 0 Å². The van der Waals surface area contributed by atoms with E-state index in [9.17, 15) is 4.79 Å². The maximum atomic E-state index is 12.7. The first kappa shape index (κ1) is 19.1. The van der Waals surface area contributed by atoms with Gasteiger partial charge in [0.25, 0.3) is 0 Å². The number of carbonyl (C=O) groups excluding carboxylic acids is 1. The molecule has 0 N–H and O–H groups in total. The molecule has 0 fully saturated rings. The van der Waals surface area contributed by atoms with E-state index in [1.54, 1.807) is 38.5 Å². The molecule has 3 rings (SSSR count). The van der Waals surface area contributed by atoms with Gasteiger partial charge in [-0.3, -0.25) is 4.79 Å². The van der Waals surface area contributed by atoms with Crippen LogP contribution in [0.5, 0.6) is 17.2 Å². The van der Waals surface area contributed by atoms with Crippen molar-refractivity contribution < 1.29 is 19.0 Å². The van der Waals surface area contributed by atoms with Gasteiger partial charge >= 0.3 is 0 Å². The molecule has 0 radical (unpaired) electrons. The first-order valence-corrected chi connectivity index (χ1v) is 8.95. The normalized spacial score (nSPS) is 13.5. The monoisotopic (exact) mass is 384 g/mol. The van der Waals surface area contributed by atoms with Crippen molar-refractivity contribution in [2.75, 3.05) is 21.3 Å². The second-order valence-electron chi connectivity index (χ2n) is 6.13. The molecule has 0 atom stereocenters. The SMILES string of the molecule is COc1ccc2c(c1)CCC(/C=C/C(=O)c1cc(OC)ccc1OC)=C2Cl. The van der Waals surface area contributed by atoms with Gasteiger partial charge in [0, 0.05) is 0 Å². The molecule has 140 valence electrons. The third-order valence-corrected chi connectivity index (χ3v) is 5.05. The number of carbonyl (C=O) groups is 1. The molecule has 0 aromatic heterocycles. The predicted molar refractivity (Wildman–Crippen MR) is 107 cm³/mol. The molecular weight excluding hydrogens is 364 g/mol. The van der Waals surface area contributed by atoms with E-state index in [-0.39, 0.29) is 5.78 Å². The number of fused-ring (bicyclic) bond motifs is 1. The Kier molecular flexibility index (Phi) is 5.87. The molecule has 0 saturated heterocycles. The zero-order chi connectivity index (χ0) is 19.4. The van der Waals surface area contributed by atoms with Crippen molar-refractivity contribution in [2.24, 2.45) is 0 Å². The Balaban J connectivity index is 1.88. The number of rotatable bonds is 6. The van der Waals surface area contributed by atoms with E-state index in [1.807, 2.05) is 18.2 Å². The van der Waals surface area contributed by atoms with Crippen LogP contribution in [0.15, 0.2) is 54.1 Å². The van der Waals surface area contributed by atoms with Crippen LogP contribution in [-0.2, 0) is 6.42 Å². The average Bonchev–Trinajstić information content (AvgIpc) is 2.72. The molecule has 0 aliphatic heterocycles. The van der Waals surface area contributed by atoms with E-state index in [0.717, 1.165) is 35.3 Å². The lowest BCUT2D eigenvalue weighted by atomic mass is 9.91. The number of allylic oxidation sites excluding steroid dienone is 3. The van der Waals surface area contributed by atoms with Crippen LogP contribution < -0.4 is 14.2 Å². The van der Waals surface area contributed by atoms with E-state index in [0.29, 0.717) is 22.1 Å². The van der Waals surface area contributed by atoms with Crippen LogP contribution in [-0.4, -0.2) is 27.1 Å². The molecule has 0 heterocycles. The highest BCUT2D eigenvalue weighted by Gasteiger charge is 2.17. The second kappa shape index (κ2) is 8.31. The maximum Gasteiger partial charge on any atom is 0.189 e. The largest absolute Gasteiger partial charge is 0.497 e. The molecule has 2 aromatic rings. The van der Waals surface area contributed by atoms with Gasteiger partial charge in [-0.25, -0.2) is 0 Å². The van der Waals surface area contributed by atoms with Crippen molar-refractivity contribution in [3.8, 4) is 17.2 Å². The Labute approximate surface area is 164 Å².